The van der Waals surface area contributed by atoms with Gasteiger partial charge in [0.2, 0.25) is 0 Å². The fourth-order valence-electron chi connectivity index (χ4n) is 4.67. The van der Waals surface area contributed by atoms with Gasteiger partial charge in [-0.3, -0.25) is 0 Å². The molecule has 2 aromatic carbocycles. The average Bonchev–Trinajstić information content (AvgIpc) is 2.70. The summed E-state index contributed by atoms with van der Waals surface area (Å²) in [6.07, 6.45) is 0.0438. The molecule has 0 unspecified atom stereocenters. The van der Waals surface area contributed by atoms with Crippen molar-refractivity contribution in [1.29, 1.82) is 0 Å². The van der Waals surface area contributed by atoms with Crippen LogP contribution in [0.3, 0.4) is 0 Å². The molecule has 0 spiro atoms. The van der Waals surface area contributed by atoms with Crippen molar-refractivity contribution in [3.8, 4) is 0 Å². The van der Waals surface area contributed by atoms with Crippen LogP contribution in [-0.2, 0) is 24.8 Å². The van der Waals surface area contributed by atoms with Crippen molar-refractivity contribution in [2.75, 3.05) is 13.6 Å². The molecule has 2 aliphatic rings. The monoisotopic (exact) mass is 490 g/mol. The molecule has 6 nitrogen and oxygen atoms in total. The molecule has 0 bridgehead atoms. The number of benzene rings is 2. The standard InChI is InChI=1S/C20H21ClF2N2O4S2/c1-25-12-13-11-20(9-8-19(13)24-31(25,28)29,17-10-15(22)4-7-18(17)23)30(26,27)16-5-2-14(21)3-6-16/h2-7,10,13,19,24H,8-9,11-12H2,1H3/t13-,19-,20+/m0/s1. The highest BCUT2D eigenvalue weighted by atomic mass is 35.5. The van der Waals surface area contributed by atoms with Crippen molar-refractivity contribution in [2.45, 2.75) is 34.9 Å². The van der Waals surface area contributed by atoms with E-state index in [2.05, 4.69) is 4.72 Å². The number of hydrogen-bond donors (Lipinski definition) is 1. The Bertz CT molecular complexity index is 1220. The predicted molar refractivity (Wildman–Crippen MR) is 112 cm³/mol. The lowest BCUT2D eigenvalue weighted by atomic mass is 9.74. The van der Waals surface area contributed by atoms with Crippen LogP contribution in [0.1, 0.15) is 24.8 Å². The van der Waals surface area contributed by atoms with E-state index < -0.39 is 48.4 Å². The van der Waals surface area contributed by atoms with Crippen LogP contribution in [-0.4, -0.2) is 40.8 Å². The summed E-state index contributed by atoms with van der Waals surface area (Å²) in [6.45, 7) is 0.0782. The van der Waals surface area contributed by atoms with Crippen molar-refractivity contribution in [2.24, 2.45) is 5.92 Å². The van der Waals surface area contributed by atoms with Crippen LogP contribution < -0.4 is 4.72 Å². The largest absolute Gasteiger partial charge is 0.279 e. The molecule has 3 atom stereocenters. The summed E-state index contributed by atoms with van der Waals surface area (Å²) in [7, 11) is -6.45. The van der Waals surface area contributed by atoms with Gasteiger partial charge < -0.3 is 0 Å². The van der Waals surface area contributed by atoms with Gasteiger partial charge in [0.15, 0.2) is 9.84 Å². The van der Waals surface area contributed by atoms with Gasteiger partial charge in [-0.1, -0.05) is 11.6 Å². The molecule has 31 heavy (non-hydrogen) atoms. The number of sulfone groups is 1. The molecule has 1 heterocycles. The first-order chi connectivity index (χ1) is 14.5. The number of rotatable bonds is 3. The fourth-order valence-corrected chi connectivity index (χ4v) is 8.27. The molecule has 2 fully saturated rings. The summed E-state index contributed by atoms with van der Waals surface area (Å²) < 4.78 is 83.2. The van der Waals surface area contributed by atoms with E-state index in [4.69, 9.17) is 11.6 Å². The van der Waals surface area contributed by atoms with E-state index in [-0.39, 0.29) is 36.3 Å². The number of halogens is 3. The summed E-state index contributed by atoms with van der Waals surface area (Å²) >= 11 is 5.90. The molecule has 2 aromatic rings. The third-order valence-corrected chi connectivity index (χ3v) is 10.6. The molecular weight excluding hydrogens is 470 g/mol. The van der Waals surface area contributed by atoms with Gasteiger partial charge in [-0.2, -0.15) is 17.4 Å². The number of fused-ring (bicyclic) bond motifs is 1. The molecule has 1 aliphatic carbocycles. The van der Waals surface area contributed by atoms with Crippen LogP contribution in [0.4, 0.5) is 8.78 Å². The summed E-state index contributed by atoms with van der Waals surface area (Å²) in [6, 6.07) is 7.86. The third kappa shape index (κ3) is 3.78. The van der Waals surface area contributed by atoms with Crippen molar-refractivity contribution in [3.63, 3.8) is 0 Å². The molecule has 0 radical (unpaired) electrons. The minimum Gasteiger partial charge on any atom is -0.223 e. The first-order valence-electron chi connectivity index (χ1n) is 9.66. The normalized spacial score (nSPS) is 28.8. The zero-order chi connectivity index (χ0) is 22.6. The second kappa shape index (κ2) is 7.77. The van der Waals surface area contributed by atoms with Gasteiger partial charge >= 0.3 is 0 Å². The van der Waals surface area contributed by atoms with E-state index in [9.17, 15) is 25.6 Å². The first-order valence-corrected chi connectivity index (χ1v) is 13.0. The van der Waals surface area contributed by atoms with Gasteiger partial charge in [0.1, 0.15) is 16.4 Å². The van der Waals surface area contributed by atoms with Gasteiger partial charge in [0.25, 0.3) is 10.2 Å². The highest BCUT2D eigenvalue weighted by molar-refractivity contribution is 7.92. The summed E-state index contributed by atoms with van der Waals surface area (Å²) in [4.78, 5) is -0.0521. The van der Waals surface area contributed by atoms with Gasteiger partial charge in [-0.05, 0) is 67.6 Å². The van der Waals surface area contributed by atoms with Gasteiger partial charge in [-0.25, -0.2) is 17.2 Å². The zero-order valence-electron chi connectivity index (χ0n) is 16.6. The maximum atomic E-state index is 15.0. The van der Waals surface area contributed by atoms with Gasteiger partial charge in [-0.15, -0.1) is 0 Å². The maximum absolute atomic E-state index is 15.0. The molecule has 1 aliphatic heterocycles. The molecule has 0 aromatic heterocycles. The summed E-state index contributed by atoms with van der Waals surface area (Å²) in [5, 5.41) is 0.344. The molecule has 0 amide bonds. The van der Waals surface area contributed by atoms with Gasteiger partial charge in [0.05, 0.1) is 4.90 Å². The van der Waals surface area contributed by atoms with E-state index in [0.29, 0.717) is 5.02 Å². The van der Waals surface area contributed by atoms with Crippen molar-refractivity contribution in [3.05, 3.63) is 64.7 Å². The lowest BCUT2D eigenvalue weighted by molar-refractivity contribution is 0.185. The third-order valence-electron chi connectivity index (χ3n) is 6.28. The molecule has 1 saturated carbocycles. The fraction of sp³-hybridized carbons (Fsp3) is 0.400. The predicted octanol–water partition coefficient (Wildman–Crippen LogP) is 3.24. The Labute approximate surface area is 185 Å². The minimum absolute atomic E-state index is 0.0521. The highest BCUT2D eigenvalue weighted by Gasteiger charge is 2.54. The van der Waals surface area contributed by atoms with Crippen molar-refractivity contribution >= 4 is 31.6 Å². The molecule has 168 valence electrons. The smallest absolute Gasteiger partial charge is 0.223 e. The Kier molecular flexibility index (Phi) is 5.66. The number of nitrogens with zero attached hydrogens (tertiary/aromatic N) is 1. The molecule has 4 rings (SSSR count). The topological polar surface area (TPSA) is 83.6 Å². The van der Waals surface area contributed by atoms with E-state index in [1.54, 1.807) is 0 Å². The lowest BCUT2D eigenvalue weighted by Crippen LogP contribution is -2.60. The van der Waals surface area contributed by atoms with Crippen molar-refractivity contribution < 1.29 is 25.6 Å². The van der Waals surface area contributed by atoms with Crippen LogP contribution in [0.2, 0.25) is 5.02 Å². The quantitative estimate of drug-likeness (QED) is 0.716. The summed E-state index contributed by atoms with van der Waals surface area (Å²) in [5.74, 6) is -1.97. The van der Waals surface area contributed by atoms with Crippen LogP contribution >= 0.6 is 11.6 Å². The number of hydrogen-bond acceptors (Lipinski definition) is 4. The van der Waals surface area contributed by atoms with Crippen molar-refractivity contribution in [1.82, 2.24) is 9.03 Å². The number of nitrogens with one attached hydrogen (secondary N) is 1. The second-order valence-electron chi connectivity index (χ2n) is 8.09. The Morgan fingerprint density at radius 2 is 1.84 bits per heavy atom. The van der Waals surface area contributed by atoms with E-state index in [1.807, 2.05) is 0 Å². The van der Waals surface area contributed by atoms with E-state index in [0.717, 1.165) is 22.5 Å². The Balaban J connectivity index is 1.88. The SMILES string of the molecule is CN1C[C@@H]2C[C@](c3cc(F)ccc3F)(S(=O)(=O)c3ccc(Cl)cc3)CC[C@@H]2NS1(=O)=O. The first kappa shape index (κ1) is 22.6. The molecule has 11 heteroatoms. The Morgan fingerprint density at radius 1 is 1.16 bits per heavy atom. The zero-order valence-corrected chi connectivity index (χ0v) is 18.9. The molecular formula is C20H21ClF2N2O4S2. The maximum Gasteiger partial charge on any atom is 0.279 e. The summed E-state index contributed by atoms with van der Waals surface area (Å²) in [5.41, 5.74) is -0.239. The van der Waals surface area contributed by atoms with Crippen LogP contribution in [0.25, 0.3) is 0 Å². The average molecular weight is 491 g/mol. The molecule has 1 saturated heterocycles. The van der Waals surface area contributed by atoms with Crippen LogP contribution in [0, 0.1) is 17.6 Å². The lowest BCUT2D eigenvalue weighted by Gasteiger charge is -2.47. The van der Waals surface area contributed by atoms with E-state index >= 15 is 0 Å². The Hall–Kier alpha value is -1.59. The van der Waals surface area contributed by atoms with Gasteiger partial charge in [0, 0.05) is 30.2 Å². The minimum atomic E-state index is -4.19. The highest BCUT2D eigenvalue weighted by Crippen LogP contribution is 2.50. The van der Waals surface area contributed by atoms with Crippen LogP contribution in [0.5, 0.6) is 0 Å². The molecule has 1 N–H and O–H groups in total. The Morgan fingerprint density at radius 3 is 2.52 bits per heavy atom. The van der Waals surface area contributed by atoms with Crippen LogP contribution in [0.15, 0.2) is 47.4 Å². The van der Waals surface area contributed by atoms with E-state index in [1.165, 1.54) is 31.3 Å². The second-order valence-corrected chi connectivity index (χ2v) is 12.6.